The Bertz CT molecular complexity index is 651. The molecule has 5 heteroatoms. The zero-order valence-corrected chi connectivity index (χ0v) is 14.6. The van der Waals surface area contributed by atoms with Gasteiger partial charge in [0.1, 0.15) is 12.6 Å². The first kappa shape index (κ1) is 18.7. The molecule has 2 amide bonds. The van der Waals surface area contributed by atoms with Gasteiger partial charge in [-0.1, -0.05) is 29.8 Å². The Morgan fingerprint density at radius 3 is 2.56 bits per heavy atom. The lowest BCUT2D eigenvalue weighted by Crippen LogP contribution is -2.48. The van der Waals surface area contributed by atoms with Crippen molar-refractivity contribution in [2.24, 2.45) is 5.92 Å². The summed E-state index contributed by atoms with van der Waals surface area (Å²) in [5, 5.41) is 14.1. The van der Waals surface area contributed by atoms with E-state index in [4.69, 9.17) is 5.26 Å². The molecule has 5 nitrogen and oxygen atoms in total. The van der Waals surface area contributed by atoms with Crippen LogP contribution in [-0.4, -0.2) is 24.4 Å². The molecule has 0 unspecified atom stereocenters. The number of nitriles is 1. The number of nitrogens with one attached hydrogen (secondary N) is 2. The molecule has 0 spiro atoms. The minimum absolute atomic E-state index is 0.0517. The number of carbonyl (C=O) groups is 2. The van der Waals surface area contributed by atoms with Crippen molar-refractivity contribution in [3.8, 4) is 6.07 Å². The van der Waals surface area contributed by atoms with E-state index in [1.54, 1.807) is 24.3 Å². The van der Waals surface area contributed by atoms with Gasteiger partial charge in [-0.25, -0.2) is 0 Å². The van der Waals surface area contributed by atoms with Crippen LogP contribution in [0.15, 0.2) is 42.0 Å². The Kier molecular flexibility index (Phi) is 7.21. The zero-order chi connectivity index (χ0) is 18.1. The molecule has 1 aliphatic rings. The van der Waals surface area contributed by atoms with E-state index in [0.29, 0.717) is 17.9 Å². The topological polar surface area (TPSA) is 82.0 Å². The molecule has 2 rings (SSSR count). The minimum Gasteiger partial charge on any atom is -0.341 e. The molecule has 25 heavy (non-hydrogen) atoms. The summed E-state index contributed by atoms with van der Waals surface area (Å²) in [6, 6.07) is 10.2. The highest BCUT2D eigenvalue weighted by atomic mass is 16.2. The molecule has 0 saturated heterocycles. The van der Waals surface area contributed by atoms with Crippen molar-refractivity contribution in [2.45, 2.75) is 45.1 Å². The maximum atomic E-state index is 12.4. The molecule has 0 heterocycles. The van der Waals surface area contributed by atoms with Crippen LogP contribution < -0.4 is 10.6 Å². The average Bonchev–Trinajstić information content (AvgIpc) is 2.66. The second-order valence-corrected chi connectivity index (χ2v) is 6.39. The van der Waals surface area contributed by atoms with Gasteiger partial charge in [-0.2, -0.15) is 5.26 Å². The quantitative estimate of drug-likeness (QED) is 0.617. The number of hydrogen-bond donors (Lipinski definition) is 2. The third kappa shape index (κ3) is 5.75. The maximum absolute atomic E-state index is 12.4. The number of nitrogens with zero attached hydrogens (tertiary/aromatic N) is 1. The van der Waals surface area contributed by atoms with Gasteiger partial charge in [-0.05, 0) is 57.1 Å². The summed E-state index contributed by atoms with van der Waals surface area (Å²) in [5.74, 6) is -0.150. The van der Waals surface area contributed by atoms with E-state index < -0.39 is 6.04 Å². The van der Waals surface area contributed by atoms with Crippen molar-refractivity contribution in [3.63, 3.8) is 0 Å². The molecule has 1 fully saturated rings. The van der Waals surface area contributed by atoms with Gasteiger partial charge in [0.2, 0.25) is 5.91 Å². The van der Waals surface area contributed by atoms with E-state index in [2.05, 4.69) is 23.6 Å². The SMILES string of the molecule is CC=C1CCC(C[C@H](NC(=O)c2ccccc2)C(=O)NCC#N)CC1. The van der Waals surface area contributed by atoms with Gasteiger partial charge in [0.15, 0.2) is 0 Å². The monoisotopic (exact) mass is 339 g/mol. The summed E-state index contributed by atoms with van der Waals surface area (Å²) in [5.41, 5.74) is 2.00. The normalized spacial score (nSPS) is 17.9. The Hall–Kier alpha value is -2.61. The number of hydrogen-bond acceptors (Lipinski definition) is 3. The molecule has 1 aliphatic carbocycles. The van der Waals surface area contributed by atoms with Gasteiger partial charge in [0.05, 0.1) is 6.07 Å². The van der Waals surface area contributed by atoms with Gasteiger partial charge < -0.3 is 10.6 Å². The molecule has 132 valence electrons. The third-order valence-corrected chi connectivity index (χ3v) is 4.72. The van der Waals surface area contributed by atoms with Crippen LogP contribution in [0.1, 0.15) is 49.4 Å². The molecular weight excluding hydrogens is 314 g/mol. The summed E-state index contributed by atoms with van der Waals surface area (Å²) in [6.07, 6.45) is 6.95. The van der Waals surface area contributed by atoms with Crippen LogP contribution in [0.2, 0.25) is 0 Å². The smallest absolute Gasteiger partial charge is 0.251 e. The van der Waals surface area contributed by atoms with Crippen LogP contribution >= 0.6 is 0 Å². The van der Waals surface area contributed by atoms with Crippen LogP contribution in [0.5, 0.6) is 0 Å². The fourth-order valence-corrected chi connectivity index (χ4v) is 3.22. The summed E-state index contributed by atoms with van der Waals surface area (Å²) in [6.45, 7) is 2.01. The predicted octanol–water partition coefficient (Wildman–Crippen LogP) is 2.95. The highest BCUT2D eigenvalue weighted by molar-refractivity contribution is 5.97. The van der Waals surface area contributed by atoms with E-state index in [1.165, 1.54) is 5.57 Å². The van der Waals surface area contributed by atoms with Crippen LogP contribution in [0.4, 0.5) is 0 Å². The van der Waals surface area contributed by atoms with Crippen molar-refractivity contribution in [2.75, 3.05) is 6.54 Å². The molecule has 1 saturated carbocycles. The van der Waals surface area contributed by atoms with E-state index in [-0.39, 0.29) is 18.4 Å². The summed E-state index contributed by atoms with van der Waals surface area (Å²) < 4.78 is 0. The van der Waals surface area contributed by atoms with Crippen molar-refractivity contribution >= 4 is 11.8 Å². The van der Waals surface area contributed by atoms with Gasteiger partial charge in [0, 0.05) is 5.56 Å². The fraction of sp³-hybridized carbons (Fsp3) is 0.450. The minimum atomic E-state index is -0.613. The first-order valence-corrected chi connectivity index (χ1v) is 8.78. The maximum Gasteiger partial charge on any atom is 0.251 e. The fourth-order valence-electron chi connectivity index (χ4n) is 3.22. The predicted molar refractivity (Wildman–Crippen MR) is 96.7 cm³/mol. The van der Waals surface area contributed by atoms with Crippen LogP contribution in [-0.2, 0) is 4.79 Å². The number of amides is 2. The molecule has 0 radical (unpaired) electrons. The lowest BCUT2D eigenvalue weighted by molar-refractivity contribution is -0.123. The number of allylic oxidation sites excluding steroid dienone is 2. The van der Waals surface area contributed by atoms with Crippen molar-refractivity contribution in [1.29, 1.82) is 5.26 Å². The van der Waals surface area contributed by atoms with E-state index in [9.17, 15) is 9.59 Å². The molecule has 1 aromatic carbocycles. The number of carbonyl (C=O) groups excluding carboxylic acids is 2. The highest BCUT2D eigenvalue weighted by Crippen LogP contribution is 2.31. The Balaban J connectivity index is 2.01. The molecule has 0 aromatic heterocycles. The molecule has 1 aromatic rings. The Morgan fingerprint density at radius 1 is 1.28 bits per heavy atom. The van der Waals surface area contributed by atoms with Gasteiger partial charge in [0.25, 0.3) is 5.91 Å². The Morgan fingerprint density at radius 2 is 1.96 bits per heavy atom. The van der Waals surface area contributed by atoms with Crippen LogP contribution in [0, 0.1) is 17.2 Å². The van der Waals surface area contributed by atoms with Crippen LogP contribution in [0.3, 0.4) is 0 Å². The molecule has 0 aliphatic heterocycles. The van der Waals surface area contributed by atoms with E-state index in [0.717, 1.165) is 25.7 Å². The third-order valence-electron chi connectivity index (χ3n) is 4.72. The lowest BCUT2D eigenvalue weighted by atomic mass is 9.82. The standard InChI is InChI=1S/C20H25N3O2/c1-2-15-8-10-16(11-9-15)14-18(20(25)22-13-12-21)23-19(24)17-6-4-3-5-7-17/h2-7,16,18H,8-11,13-14H2,1H3,(H,22,25)(H,23,24)/t16?,18-/m0/s1. The van der Waals surface area contributed by atoms with E-state index in [1.807, 2.05) is 12.1 Å². The number of benzene rings is 1. The highest BCUT2D eigenvalue weighted by Gasteiger charge is 2.26. The molecular formula is C20H25N3O2. The molecule has 1 atom stereocenters. The lowest BCUT2D eigenvalue weighted by Gasteiger charge is -2.27. The largest absolute Gasteiger partial charge is 0.341 e. The average molecular weight is 339 g/mol. The van der Waals surface area contributed by atoms with Crippen molar-refractivity contribution in [3.05, 3.63) is 47.5 Å². The zero-order valence-electron chi connectivity index (χ0n) is 14.6. The summed E-state index contributed by atoms with van der Waals surface area (Å²) >= 11 is 0. The molecule has 0 bridgehead atoms. The first-order valence-electron chi connectivity index (χ1n) is 8.78. The second-order valence-electron chi connectivity index (χ2n) is 6.39. The first-order chi connectivity index (χ1) is 12.1. The van der Waals surface area contributed by atoms with E-state index >= 15 is 0 Å². The molecule has 2 N–H and O–H groups in total. The van der Waals surface area contributed by atoms with Gasteiger partial charge in [-0.3, -0.25) is 9.59 Å². The van der Waals surface area contributed by atoms with Gasteiger partial charge >= 0.3 is 0 Å². The summed E-state index contributed by atoms with van der Waals surface area (Å²) in [7, 11) is 0. The second kappa shape index (κ2) is 9.63. The Labute approximate surface area is 149 Å². The van der Waals surface area contributed by atoms with Crippen LogP contribution in [0.25, 0.3) is 0 Å². The summed E-state index contributed by atoms with van der Waals surface area (Å²) in [4.78, 5) is 24.8. The van der Waals surface area contributed by atoms with Gasteiger partial charge in [-0.15, -0.1) is 0 Å². The van der Waals surface area contributed by atoms with Crippen molar-refractivity contribution in [1.82, 2.24) is 10.6 Å². The number of rotatable bonds is 6. The van der Waals surface area contributed by atoms with Crippen molar-refractivity contribution < 1.29 is 9.59 Å².